The van der Waals surface area contributed by atoms with Crippen LogP contribution in [-0.2, 0) is 9.59 Å². The Hall–Kier alpha value is -1.63. The highest BCUT2D eigenvalue weighted by Gasteiger charge is 2.46. The first-order valence-corrected chi connectivity index (χ1v) is 9.11. The van der Waals surface area contributed by atoms with E-state index in [9.17, 15) is 14.4 Å². The van der Waals surface area contributed by atoms with Gasteiger partial charge in [-0.3, -0.25) is 14.5 Å². The van der Waals surface area contributed by atoms with E-state index in [2.05, 4.69) is 11.8 Å². The molecule has 0 aromatic carbocycles. The summed E-state index contributed by atoms with van der Waals surface area (Å²) in [5.41, 5.74) is 5.40. The van der Waals surface area contributed by atoms with Gasteiger partial charge in [-0.15, -0.1) is 0 Å². The fourth-order valence-corrected chi connectivity index (χ4v) is 4.18. The molecule has 0 aromatic rings. The van der Waals surface area contributed by atoms with E-state index in [4.69, 9.17) is 5.73 Å². The average molecular weight is 336 g/mol. The number of rotatable bonds is 5. The molecule has 3 unspecified atom stereocenters. The fourth-order valence-electron chi connectivity index (χ4n) is 4.18. The zero-order valence-electron chi connectivity index (χ0n) is 14.4. The van der Waals surface area contributed by atoms with Crippen LogP contribution in [-0.4, -0.2) is 71.3 Å². The van der Waals surface area contributed by atoms with E-state index in [0.29, 0.717) is 25.6 Å². The summed E-state index contributed by atoms with van der Waals surface area (Å²) < 4.78 is 0. The average Bonchev–Trinajstić information content (AvgIpc) is 2.79. The monoisotopic (exact) mass is 336 g/mol. The van der Waals surface area contributed by atoms with Crippen LogP contribution in [0.2, 0.25) is 0 Å². The molecule has 0 aromatic heterocycles. The number of hydrogen-bond acceptors (Lipinski definition) is 4. The first kappa shape index (κ1) is 17.2. The van der Waals surface area contributed by atoms with Crippen molar-refractivity contribution < 1.29 is 14.4 Å². The van der Waals surface area contributed by atoms with Crippen molar-refractivity contribution >= 4 is 17.8 Å². The fraction of sp³-hybridized carbons (Fsp3) is 0.824. The Kier molecular flexibility index (Phi) is 5.08. The zero-order chi connectivity index (χ0) is 17.3. The van der Waals surface area contributed by atoms with Gasteiger partial charge in [-0.1, -0.05) is 6.92 Å². The SMILES string of the molecule is CC1CCN2C(=O)N(CCCN3CCCC(C(N)=O)C3)C(=O)C2C1. The van der Waals surface area contributed by atoms with E-state index in [1.165, 1.54) is 4.90 Å². The van der Waals surface area contributed by atoms with Crippen LogP contribution in [0.15, 0.2) is 0 Å². The molecule has 3 fully saturated rings. The van der Waals surface area contributed by atoms with Crippen LogP contribution >= 0.6 is 0 Å². The number of carbonyl (C=O) groups is 3. The summed E-state index contributed by atoms with van der Waals surface area (Å²) in [6.07, 6.45) is 4.35. The van der Waals surface area contributed by atoms with Crippen LogP contribution in [0.1, 0.15) is 39.0 Å². The number of amides is 4. The van der Waals surface area contributed by atoms with Gasteiger partial charge in [0.1, 0.15) is 6.04 Å². The molecule has 4 amide bonds. The number of nitrogens with two attached hydrogens (primary N) is 1. The van der Waals surface area contributed by atoms with Gasteiger partial charge in [0.25, 0.3) is 5.91 Å². The summed E-state index contributed by atoms with van der Waals surface area (Å²) in [5.74, 6) is 0.183. The lowest BCUT2D eigenvalue weighted by Crippen LogP contribution is -2.42. The Balaban J connectivity index is 1.49. The summed E-state index contributed by atoms with van der Waals surface area (Å²) in [5, 5.41) is 0. The van der Waals surface area contributed by atoms with Gasteiger partial charge in [0.05, 0.1) is 5.92 Å². The van der Waals surface area contributed by atoms with Crippen LogP contribution in [0.5, 0.6) is 0 Å². The molecule has 24 heavy (non-hydrogen) atoms. The number of likely N-dealkylation sites (tertiary alicyclic amines) is 1. The molecule has 3 atom stereocenters. The summed E-state index contributed by atoms with van der Waals surface area (Å²) >= 11 is 0. The number of nitrogens with zero attached hydrogens (tertiary/aromatic N) is 3. The van der Waals surface area contributed by atoms with E-state index >= 15 is 0 Å². The molecule has 2 N–H and O–H groups in total. The number of urea groups is 1. The van der Waals surface area contributed by atoms with Crippen molar-refractivity contribution in [3.05, 3.63) is 0 Å². The molecule has 134 valence electrons. The van der Waals surface area contributed by atoms with Crippen LogP contribution in [0.25, 0.3) is 0 Å². The van der Waals surface area contributed by atoms with Crippen LogP contribution in [0.4, 0.5) is 4.79 Å². The van der Waals surface area contributed by atoms with Crippen molar-refractivity contribution in [2.75, 3.05) is 32.7 Å². The third kappa shape index (κ3) is 3.41. The third-order valence-electron chi connectivity index (χ3n) is 5.66. The van der Waals surface area contributed by atoms with Gasteiger partial charge in [0.2, 0.25) is 5.91 Å². The molecule has 3 rings (SSSR count). The van der Waals surface area contributed by atoms with Crippen molar-refractivity contribution in [3.8, 4) is 0 Å². The molecular formula is C17H28N4O3. The standard InChI is InChI=1S/C17H28N4O3/c1-12-5-9-20-14(10-12)16(23)21(17(20)24)8-3-7-19-6-2-4-13(11-19)15(18)22/h12-14H,2-11H2,1H3,(H2,18,22). The molecule has 0 bridgehead atoms. The van der Waals surface area contributed by atoms with Crippen LogP contribution in [0.3, 0.4) is 0 Å². The summed E-state index contributed by atoms with van der Waals surface area (Å²) in [6, 6.07) is -0.360. The molecule has 0 saturated carbocycles. The second-order valence-electron chi connectivity index (χ2n) is 7.51. The topological polar surface area (TPSA) is 86.9 Å². The smallest absolute Gasteiger partial charge is 0.327 e. The predicted molar refractivity (Wildman–Crippen MR) is 89.0 cm³/mol. The summed E-state index contributed by atoms with van der Waals surface area (Å²) in [4.78, 5) is 41.7. The Morgan fingerprint density at radius 1 is 1.21 bits per heavy atom. The van der Waals surface area contributed by atoms with Crippen LogP contribution < -0.4 is 5.73 Å². The lowest BCUT2D eigenvalue weighted by atomic mass is 9.93. The lowest BCUT2D eigenvalue weighted by Gasteiger charge is -2.31. The van der Waals surface area contributed by atoms with Crippen molar-refractivity contribution in [2.45, 2.75) is 45.1 Å². The van der Waals surface area contributed by atoms with Gasteiger partial charge in [0.15, 0.2) is 0 Å². The molecule has 7 heteroatoms. The largest absolute Gasteiger partial charge is 0.369 e. The zero-order valence-corrected chi connectivity index (χ0v) is 14.4. The highest BCUT2D eigenvalue weighted by molar-refractivity contribution is 6.04. The highest BCUT2D eigenvalue weighted by atomic mass is 16.2. The molecule has 0 spiro atoms. The van der Waals surface area contributed by atoms with Gasteiger partial charge >= 0.3 is 6.03 Å². The highest BCUT2D eigenvalue weighted by Crippen LogP contribution is 2.29. The molecule has 3 heterocycles. The number of piperidine rings is 2. The van der Waals surface area contributed by atoms with Gasteiger partial charge in [-0.2, -0.15) is 0 Å². The Morgan fingerprint density at radius 2 is 2.00 bits per heavy atom. The Morgan fingerprint density at radius 3 is 2.75 bits per heavy atom. The molecule has 3 aliphatic heterocycles. The number of fused-ring (bicyclic) bond motifs is 1. The van der Waals surface area contributed by atoms with Gasteiger partial charge in [-0.25, -0.2) is 4.79 Å². The van der Waals surface area contributed by atoms with Gasteiger partial charge in [-0.05, 0) is 51.1 Å². The van der Waals surface area contributed by atoms with Crippen molar-refractivity contribution in [1.29, 1.82) is 0 Å². The minimum absolute atomic E-state index is 0.0276. The number of carbonyl (C=O) groups excluding carboxylic acids is 3. The maximum Gasteiger partial charge on any atom is 0.327 e. The van der Waals surface area contributed by atoms with Crippen molar-refractivity contribution in [2.24, 2.45) is 17.6 Å². The number of hydrogen-bond donors (Lipinski definition) is 1. The van der Waals surface area contributed by atoms with E-state index in [0.717, 1.165) is 45.2 Å². The Bertz CT molecular complexity index is 524. The van der Waals surface area contributed by atoms with E-state index in [-0.39, 0.29) is 29.8 Å². The summed E-state index contributed by atoms with van der Waals surface area (Å²) in [6.45, 7) is 5.75. The third-order valence-corrected chi connectivity index (χ3v) is 5.66. The van der Waals surface area contributed by atoms with Crippen molar-refractivity contribution in [3.63, 3.8) is 0 Å². The van der Waals surface area contributed by atoms with Crippen LogP contribution in [0, 0.1) is 11.8 Å². The minimum Gasteiger partial charge on any atom is -0.369 e. The Labute approximate surface area is 143 Å². The second kappa shape index (κ2) is 7.09. The molecular weight excluding hydrogens is 308 g/mol. The van der Waals surface area contributed by atoms with E-state index < -0.39 is 0 Å². The van der Waals surface area contributed by atoms with E-state index in [1.54, 1.807) is 4.90 Å². The molecule has 3 saturated heterocycles. The molecule has 3 aliphatic rings. The van der Waals surface area contributed by atoms with Gasteiger partial charge in [0, 0.05) is 19.6 Å². The maximum atomic E-state index is 12.5. The maximum absolute atomic E-state index is 12.5. The number of imide groups is 1. The first-order chi connectivity index (χ1) is 11.5. The molecule has 0 aliphatic carbocycles. The predicted octanol–water partition coefficient (Wildman–Crippen LogP) is 0.637. The lowest BCUT2D eigenvalue weighted by molar-refractivity contribution is -0.129. The number of primary amides is 1. The quantitative estimate of drug-likeness (QED) is 0.746. The molecule has 7 nitrogen and oxygen atoms in total. The van der Waals surface area contributed by atoms with E-state index in [1.807, 2.05) is 0 Å². The minimum atomic E-state index is -0.240. The normalized spacial score (nSPS) is 31.5. The van der Waals surface area contributed by atoms with Gasteiger partial charge < -0.3 is 15.5 Å². The van der Waals surface area contributed by atoms with Crippen molar-refractivity contribution in [1.82, 2.24) is 14.7 Å². The first-order valence-electron chi connectivity index (χ1n) is 9.11. The molecule has 0 radical (unpaired) electrons. The summed E-state index contributed by atoms with van der Waals surface area (Å²) in [7, 11) is 0. The second-order valence-corrected chi connectivity index (χ2v) is 7.51.